The maximum absolute atomic E-state index is 13.7. The van der Waals surface area contributed by atoms with Crippen molar-refractivity contribution in [1.82, 2.24) is 10.2 Å². The van der Waals surface area contributed by atoms with Crippen LogP contribution in [0, 0.1) is 5.82 Å². The van der Waals surface area contributed by atoms with E-state index in [1.54, 1.807) is 11.0 Å². The van der Waals surface area contributed by atoms with Crippen LogP contribution in [0.5, 0.6) is 0 Å². The van der Waals surface area contributed by atoms with Gasteiger partial charge < -0.3 is 10.2 Å². The smallest absolute Gasteiger partial charge is 0.261 e. The molecule has 1 aliphatic heterocycles. The summed E-state index contributed by atoms with van der Waals surface area (Å²) >= 11 is 0. The summed E-state index contributed by atoms with van der Waals surface area (Å²) < 4.78 is 40.8. The number of sulfonamides is 1. The van der Waals surface area contributed by atoms with E-state index in [-0.39, 0.29) is 16.5 Å². The highest BCUT2D eigenvalue weighted by atomic mass is 32.2. The van der Waals surface area contributed by atoms with Crippen LogP contribution in [0.25, 0.3) is 0 Å². The Kier molecular flexibility index (Phi) is 5.76. The van der Waals surface area contributed by atoms with Crippen LogP contribution in [-0.2, 0) is 10.0 Å². The van der Waals surface area contributed by atoms with Crippen LogP contribution in [-0.4, -0.2) is 45.4 Å². The van der Waals surface area contributed by atoms with Gasteiger partial charge in [0.15, 0.2) is 0 Å². The standard InChI is InChI=1S/C19H22FN3O3S/c1-21-15-10-12-23(13-11-15)19(24)14-6-8-16(9-7-14)27(25,26)22-18-5-3-2-4-17(18)20/h2-9,15,21-22H,10-13H2,1H3. The van der Waals surface area contributed by atoms with Crippen molar-refractivity contribution in [2.45, 2.75) is 23.8 Å². The van der Waals surface area contributed by atoms with Gasteiger partial charge in [-0.1, -0.05) is 12.1 Å². The summed E-state index contributed by atoms with van der Waals surface area (Å²) in [6.45, 7) is 1.33. The second kappa shape index (κ2) is 8.06. The number of benzene rings is 2. The Morgan fingerprint density at radius 2 is 1.70 bits per heavy atom. The Morgan fingerprint density at radius 1 is 1.07 bits per heavy atom. The maximum atomic E-state index is 13.7. The van der Waals surface area contributed by atoms with Crippen molar-refractivity contribution >= 4 is 21.6 Å². The van der Waals surface area contributed by atoms with E-state index in [1.165, 1.54) is 42.5 Å². The molecule has 3 rings (SSSR count). The summed E-state index contributed by atoms with van der Waals surface area (Å²) in [5, 5.41) is 3.21. The first-order chi connectivity index (χ1) is 12.9. The summed E-state index contributed by atoms with van der Waals surface area (Å²) in [6, 6.07) is 11.7. The molecule has 0 aliphatic carbocycles. The van der Waals surface area contributed by atoms with E-state index >= 15 is 0 Å². The first kappa shape index (κ1) is 19.3. The average Bonchev–Trinajstić information content (AvgIpc) is 2.69. The van der Waals surface area contributed by atoms with E-state index < -0.39 is 15.8 Å². The molecule has 8 heteroatoms. The molecule has 0 spiro atoms. The van der Waals surface area contributed by atoms with E-state index in [9.17, 15) is 17.6 Å². The van der Waals surface area contributed by atoms with Gasteiger partial charge in [-0.3, -0.25) is 9.52 Å². The lowest BCUT2D eigenvalue weighted by Gasteiger charge is -2.31. The van der Waals surface area contributed by atoms with E-state index in [1.807, 2.05) is 7.05 Å². The quantitative estimate of drug-likeness (QED) is 0.821. The summed E-state index contributed by atoms with van der Waals surface area (Å²) in [6.07, 6.45) is 1.78. The maximum Gasteiger partial charge on any atom is 0.261 e. The minimum absolute atomic E-state index is 0.0313. The fourth-order valence-corrected chi connectivity index (χ4v) is 4.15. The molecule has 6 nitrogen and oxygen atoms in total. The fourth-order valence-electron chi connectivity index (χ4n) is 3.08. The molecule has 27 heavy (non-hydrogen) atoms. The number of rotatable bonds is 5. The van der Waals surface area contributed by atoms with Gasteiger partial charge in [-0.15, -0.1) is 0 Å². The SMILES string of the molecule is CNC1CCN(C(=O)c2ccc(S(=O)(=O)Nc3ccccc3F)cc2)CC1. The van der Waals surface area contributed by atoms with Gasteiger partial charge in [0.1, 0.15) is 5.82 Å². The molecule has 2 aromatic carbocycles. The number of anilines is 1. The van der Waals surface area contributed by atoms with Gasteiger partial charge in [-0.25, -0.2) is 12.8 Å². The Morgan fingerprint density at radius 3 is 2.30 bits per heavy atom. The van der Waals surface area contributed by atoms with Crippen molar-refractivity contribution in [2.75, 3.05) is 24.9 Å². The van der Waals surface area contributed by atoms with Crippen LogP contribution in [0.15, 0.2) is 53.4 Å². The molecule has 2 N–H and O–H groups in total. The third-order valence-electron chi connectivity index (χ3n) is 4.72. The molecule has 0 radical (unpaired) electrons. The highest BCUT2D eigenvalue weighted by molar-refractivity contribution is 7.92. The fraction of sp³-hybridized carbons (Fsp3) is 0.316. The lowest BCUT2D eigenvalue weighted by atomic mass is 10.0. The second-order valence-electron chi connectivity index (χ2n) is 6.46. The van der Waals surface area contributed by atoms with Crippen molar-refractivity contribution in [2.24, 2.45) is 0 Å². The molecule has 1 saturated heterocycles. The van der Waals surface area contributed by atoms with E-state index in [2.05, 4.69) is 10.0 Å². The number of para-hydroxylation sites is 1. The van der Waals surface area contributed by atoms with Crippen LogP contribution in [0.2, 0.25) is 0 Å². The Hall–Kier alpha value is -2.45. The normalized spacial score (nSPS) is 15.6. The number of nitrogens with one attached hydrogen (secondary N) is 2. The predicted molar refractivity (Wildman–Crippen MR) is 102 cm³/mol. The van der Waals surface area contributed by atoms with Gasteiger partial charge in [-0.2, -0.15) is 0 Å². The summed E-state index contributed by atoms with van der Waals surface area (Å²) in [7, 11) is -2.02. The zero-order valence-electron chi connectivity index (χ0n) is 15.0. The van der Waals surface area contributed by atoms with Gasteiger partial charge in [-0.05, 0) is 56.3 Å². The highest BCUT2D eigenvalue weighted by Crippen LogP contribution is 2.20. The molecule has 2 aromatic rings. The number of halogens is 1. The molecule has 0 unspecified atom stereocenters. The molecule has 0 aromatic heterocycles. The second-order valence-corrected chi connectivity index (χ2v) is 8.15. The monoisotopic (exact) mass is 391 g/mol. The Labute approximate surface area is 158 Å². The largest absolute Gasteiger partial charge is 0.339 e. The molecular formula is C19H22FN3O3S. The third kappa shape index (κ3) is 4.45. The molecule has 1 aliphatic rings. The molecule has 1 heterocycles. The minimum Gasteiger partial charge on any atom is -0.339 e. The van der Waals surface area contributed by atoms with Gasteiger partial charge in [0.25, 0.3) is 15.9 Å². The topological polar surface area (TPSA) is 78.5 Å². The van der Waals surface area contributed by atoms with Crippen LogP contribution in [0.1, 0.15) is 23.2 Å². The van der Waals surface area contributed by atoms with Crippen LogP contribution in [0.3, 0.4) is 0 Å². The minimum atomic E-state index is -3.94. The van der Waals surface area contributed by atoms with Crippen LogP contribution in [0.4, 0.5) is 10.1 Å². The number of likely N-dealkylation sites (tertiary alicyclic amines) is 1. The molecule has 1 fully saturated rings. The van der Waals surface area contributed by atoms with Crippen LogP contribution >= 0.6 is 0 Å². The zero-order valence-corrected chi connectivity index (χ0v) is 15.8. The van der Waals surface area contributed by atoms with E-state index in [0.717, 1.165) is 12.8 Å². The summed E-state index contributed by atoms with van der Waals surface area (Å²) in [4.78, 5) is 14.3. The molecule has 0 saturated carbocycles. The lowest BCUT2D eigenvalue weighted by molar-refractivity contribution is 0.0707. The Bertz CT molecular complexity index is 908. The molecule has 0 atom stereocenters. The van der Waals surface area contributed by atoms with Gasteiger partial charge in [0.2, 0.25) is 0 Å². The zero-order chi connectivity index (χ0) is 19.4. The van der Waals surface area contributed by atoms with Crippen molar-refractivity contribution in [3.05, 3.63) is 59.9 Å². The predicted octanol–water partition coefficient (Wildman–Crippen LogP) is 2.45. The molecule has 144 valence electrons. The first-order valence-corrected chi connectivity index (χ1v) is 10.2. The van der Waals surface area contributed by atoms with Crippen LogP contribution < -0.4 is 10.0 Å². The van der Waals surface area contributed by atoms with Crippen molar-refractivity contribution in [3.63, 3.8) is 0 Å². The summed E-state index contributed by atoms with van der Waals surface area (Å²) in [5.41, 5.74) is 0.313. The number of amides is 1. The van der Waals surface area contributed by atoms with Gasteiger partial charge in [0, 0.05) is 24.7 Å². The van der Waals surface area contributed by atoms with Crippen molar-refractivity contribution in [1.29, 1.82) is 0 Å². The first-order valence-electron chi connectivity index (χ1n) is 8.74. The summed E-state index contributed by atoms with van der Waals surface area (Å²) in [5.74, 6) is -0.770. The van der Waals surface area contributed by atoms with E-state index in [0.29, 0.717) is 24.7 Å². The molecule has 1 amide bonds. The van der Waals surface area contributed by atoms with E-state index in [4.69, 9.17) is 0 Å². The number of piperidine rings is 1. The highest BCUT2D eigenvalue weighted by Gasteiger charge is 2.23. The number of carbonyl (C=O) groups excluding carboxylic acids is 1. The Balaban J connectivity index is 1.71. The van der Waals surface area contributed by atoms with Crippen molar-refractivity contribution in [3.8, 4) is 0 Å². The molecular weight excluding hydrogens is 369 g/mol. The van der Waals surface area contributed by atoms with Crippen molar-refractivity contribution < 1.29 is 17.6 Å². The number of hydrogen-bond donors (Lipinski definition) is 2. The molecule has 0 bridgehead atoms. The third-order valence-corrected chi connectivity index (χ3v) is 6.10. The number of nitrogens with zero attached hydrogens (tertiary/aromatic N) is 1. The number of hydrogen-bond acceptors (Lipinski definition) is 4. The lowest BCUT2D eigenvalue weighted by Crippen LogP contribution is -2.43. The average molecular weight is 391 g/mol. The van der Waals surface area contributed by atoms with Gasteiger partial charge in [0.05, 0.1) is 10.6 Å². The van der Waals surface area contributed by atoms with Gasteiger partial charge >= 0.3 is 0 Å². The number of carbonyl (C=O) groups is 1.